The molecule has 0 aliphatic carbocycles. The molecule has 0 heterocycles. The zero-order chi connectivity index (χ0) is 19.4. The molecular formula is C22H19BrN2O2. The largest absolute Gasteiger partial charge is 0.322 e. The second kappa shape index (κ2) is 8.18. The molecule has 0 spiro atoms. The zero-order valence-electron chi connectivity index (χ0n) is 15.1. The Kier molecular flexibility index (Phi) is 5.72. The molecule has 0 aromatic heterocycles. The van der Waals surface area contributed by atoms with Gasteiger partial charge in [-0.15, -0.1) is 0 Å². The van der Waals surface area contributed by atoms with Gasteiger partial charge in [0.25, 0.3) is 11.8 Å². The number of hydrogen-bond donors (Lipinski definition) is 1. The smallest absolute Gasteiger partial charge is 0.258 e. The molecule has 4 nitrogen and oxygen atoms in total. The Bertz CT molecular complexity index is 969. The van der Waals surface area contributed by atoms with Gasteiger partial charge in [-0.3, -0.25) is 9.59 Å². The third-order valence-corrected chi connectivity index (χ3v) is 5.13. The summed E-state index contributed by atoms with van der Waals surface area (Å²) in [6.45, 7) is 1.97. The van der Waals surface area contributed by atoms with Gasteiger partial charge in [0.15, 0.2) is 0 Å². The van der Waals surface area contributed by atoms with Crippen LogP contribution in [0.4, 0.5) is 11.4 Å². The van der Waals surface area contributed by atoms with E-state index in [0.717, 1.165) is 15.7 Å². The van der Waals surface area contributed by atoms with E-state index in [1.165, 1.54) is 0 Å². The molecule has 0 bridgehead atoms. The Balaban J connectivity index is 1.70. The predicted molar refractivity (Wildman–Crippen MR) is 112 cm³/mol. The first-order chi connectivity index (χ1) is 13.0. The zero-order valence-corrected chi connectivity index (χ0v) is 16.7. The van der Waals surface area contributed by atoms with E-state index in [9.17, 15) is 9.59 Å². The molecule has 3 aromatic rings. The van der Waals surface area contributed by atoms with Crippen LogP contribution in [0.1, 0.15) is 26.3 Å². The van der Waals surface area contributed by atoms with E-state index in [0.29, 0.717) is 16.8 Å². The lowest BCUT2D eigenvalue weighted by atomic mass is 10.1. The molecule has 0 unspecified atom stereocenters. The van der Waals surface area contributed by atoms with Crippen molar-refractivity contribution in [2.24, 2.45) is 0 Å². The summed E-state index contributed by atoms with van der Waals surface area (Å²) in [5.41, 5.74) is 3.64. The maximum atomic E-state index is 12.6. The number of carbonyl (C=O) groups excluding carboxylic acids is 2. The summed E-state index contributed by atoms with van der Waals surface area (Å²) in [7, 11) is 1.74. The lowest BCUT2D eigenvalue weighted by molar-refractivity contribution is 0.0991. The molecule has 5 heteroatoms. The minimum absolute atomic E-state index is 0.110. The first kappa shape index (κ1) is 18.9. The van der Waals surface area contributed by atoms with Crippen LogP contribution in [0, 0.1) is 6.92 Å². The Hall–Kier alpha value is -2.92. The van der Waals surface area contributed by atoms with Crippen LogP contribution < -0.4 is 10.2 Å². The second-order valence-electron chi connectivity index (χ2n) is 6.20. The number of hydrogen-bond acceptors (Lipinski definition) is 2. The fraction of sp³-hybridized carbons (Fsp3) is 0.0909. The van der Waals surface area contributed by atoms with E-state index >= 15 is 0 Å². The monoisotopic (exact) mass is 422 g/mol. The molecule has 136 valence electrons. The molecule has 27 heavy (non-hydrogen) atoms. The summed E-state index contributed by atoms with van der Waals surface area (Å²) >= 11 is 3.44. The highest BCUT2D eigenvalue weighted by Gasteiger charge is 2.14. The summed E-state index contributed by atoms with van der Waals surface area (Å²) in [5, 5.41) is 2.85. The van der Waals surface area contributed by atoms with Crippen molar-refractivity contribution in [1.29, 1.82) is 0 Å². The molecule has 1 N–H and O–H groups in total. The van der Waals surface area contributed by atoms with E-state index in [2.05, 4.69) is 21.2 Å². The van der Waals surface area contributed by atoms with Gasteiger partial charge in [-0.1, -0.05) is 40.2 Å². The highest BCUT2D eigenvalue weighted by Crippen LogP contribution is 2.20. The van der Waals surface area contributed by atoms with Crippen LogP contribution in [-0.4, -0.2) is 18.9 Å². The minimum Gasteiger partial charge on any atom is -0.322 e. The molecule has 3 rings (SSSR count). The molecule has 3 aromatic carbocycles. The van der Waals surface area contributed by atoms with E-state index < -0.39 is 0 Å². The maximum Gasteiger partial charge on any atom is 0.258 e. The number of carbonyl (C=O) groups is 2. The predicted octanol–water partition coefficient (Wildman–Crippen LogP) is 5.29. The molecule has 2 amide bonds. The lowest BCUT2D eigenvalue weighted by Gasteiger charge is -2.17. The summed E-state index contributed by atoms with van der Waals surface area (Å²) in [5.74, 6) is -0.308. The van der Waals surface area contributed by atoms with Crippen LogP contribution in [0.3, 0.4) is 0 Å². The van der Waals surface area contributed by atoms with Crippen LogP contribution >= 0.6 is 15.9 Å². The van der Waals surface area contributed by atoms with Crippen LogP contribution in [0.5, 0.6) is 0 Å². The average molecular weight is 423 g/mol. The van der Waals surface area contributed by atoms with Crippen molar-refractivity contribution in [1.82, 2.24) is 0 Å². The van der Waals surface area contributed by atoms with Crippen LogP contribution in [0.15, 0.2) is 77.3 Å². The van der Waals surface area contributed by atoms with E-state index in [1.807, 2.05) is 43.3 Å². The van der Waals surface area contributed by atoms with Gasteiger partial charge in [0.05, 0.1) is 0 Å². The minimum atomic E-state index is -0.198. The SMILES string of the molecule is Cc1ccc(C(=O)Nc2ccc(C(=O)N(C)c3ccccc3)cc2)cc1Br. The molecule has 0 aliphatic heterocycles. The third-order valence-electron chi connectivity index (χ3n) is 4.27. The first-order valence-corrected chi connectivity index (χ1v) is 9.25. The standard InChI is InChI=1S/C22H19BrN2O2/c1-15-8-9-17(14-20(15)23)21(26)24-18-12-10-16(11-13-18)22(27)25(2)19-6-4-3-5-7-19/h3-14H,1-2H3,(H,24,26). The maximum absolute atomic E-state index is 12.6. The van der Waals surface area contributed by atoms with E-state index in [-0.39, 0.29) is 11.8 Å². The van der Waals surface area contributed by atoms with Crippen LogP contribution in [0.2, 0.25) is 0 Å². The van der Waals surface area contributed by atoms with Crippen LogP contribution in [0.25, 0.3) is 0 Å². The fourth-order valence-corrected chi connectivity index (χ4v) is 2.97. The molecule has 0 aliphatic rings. The molecule has 0 radical (unpaired) electrons. The number of nitrogens with zero attached hydrogens (tertiary/aromatic N) is 1. The van der Waals surface area contributed by atoms with Gasteiger partial charge in [-0.25, -0.2) is 0 Å². The summed E-state index contributed by atoms with van der Waals surface area (Å²) in [6.07, 6.45) is 0. The molecule has 0 atom stereocenters. The first-order valence-electron chi connectivity index (χ1n) is 8.46. The average Bonchev–Trinajstić information content (AvgIpc) is 2.70. The van der Waals surface area contributed by atoms with E-state index in [1.54, 1.807) is 48.3 Å². The summed E-state index contributed by atoms with van der Waals surface area (Å²) in [4.78, 5) is 26.6. The molecule has 0 saturated carbocycles. The number of amides is 2. The van der Waals surface area contributed by atoms with Crippen molar-refractivity contribution in [3.05, 3.63) is 94.0 Å². The molecule has 0 fully saturated rings. The van der Waals surface area contributed by atoms with Crippen molar-refractivity contribution in [3.8, 4) is 0 Å². The van der Waals surface area contributed by atoms with Crippen LogP contribution in [-0.2, 0) is 0 Å². The topological polar surface area (TPSA) is 49.4 Å². The van der Waals surface area contributed by atoms with Gasteiger partial charge in [0, 0.05) is 34.0 Å². The van der Waals surface area contributed by atoms with Gasteiger partial charge >= 0.3 is 0 Å². The van der Waals surface area contributed by atoms with Crippen molar-refractivity contribution >= 4 is 39.1 Å². The van der Waals surface area contributed by atoms with Gasteiger partial charge in [0.1, 0.15) is 0 Å². The fourth-order valence-electron chi connectivity index (χ4n) is 2.60. The highest BCUT2D eigenvalue weighted by atomic mass is 79.9. The summed E-state index contributed by atoms with van der Waals surface area (Å²) < 4.78 is 0.889. The molecule has 0 saturated heterocycles. The van der Waals surface area contributed by atoms with Crippen molar-refractivity contribution in [2.45, 2.75) is 6.92 Å². The normalized spacial score (nSPS) is 10.3. The number of nitrogens with one attached hydrogen (secondary N) is 1. The number of benzene rings is 3. The second-order valence-corrected chi connectivity index (χ2v) is 7.05. The van der Waals surface area contributed by atoms with Crippen molar-refractivity contribution < 1.29 is 9.59 Å². The highest BCUT2D eigenvalue weighted by molar-refractivity contribution is 9.10. The number of halogens is 1. The Labute approximate surface area is 167 Å². The van der Waals surface area contributed by atoms with Gasteiger partial charge < -0.3 is 10.2 Å². The molecular weight excluding hydrogens is 404 g/mol. The van der Waals surface area contributed by atoms with Gasteiger partial charge in [-0.2, -0.15) is 0 Å². The Morgan fingerprint density at radius 3 is 2.15 bits per heavy atom. The summed E-state index contributed by atoms with van der Waals surface area (Å²) in [6, 6.07) is 21.8. The van der Waals surface area contributed by atoms with E-state index in [4.69, 9.17) is 0 Å². The Morgan fingerprint density at radius 2 is 1.52 bits per heavy atom. The number of para-hydroxylation sites is 1. The number of rotatable bonds is 4. The number of aryl methyl sites for hydroxylation is 1. The quantitative estimate of drug-likeness (QED) is 0.620. The van der Waals surface area contributed by atoms with Crippen molar-refractivity contribution in [3.63, 3.8) is 0 Å². The third kappa shape index (κ3) is 4.44. The van der Waals surface area contributed by atoms with Crippen molar-refractivity contribution in [2.75, 3.05) is 17.3 Å². The Morgan fingerprint density at radius 1 is 0.889 bits per heavy atom. The lowest BCUT2D eigenvalue weighted by Crippen LogP contribution is -2.26. The van der Waals surface area contributed by atoms with Gasteiger partial charge in [-0.05, 0) is 61.0 Å². The van der Waals surface area contributed by atoms with Gasteiger partial charge in [0.2, 0.25) is 0 Å². The number of anilines is 2.